The molecule has 0 radical (unpaired) electrons. The van der Waals surface area contributed by atoms with Crippen LogP contribution in [0.5, 0.6) is 0 Å². The molecular weight excluding hydrogens is 184 g/mol. The molecule has 0 bridgehead atoms. The Labute approximate surface area is 96.4 Å². The predicted molar refractivity (Wildman–Crippen MR) is 69.3 cm³/mol. The van der Waals surface area contributed by atoms with Gasteiger partial charge in [-0.1, -0.05) is 34.6 Å². The average molecular weight is 214 g/mol. The summed E-state index contributed by atoms with van der Waals surface area (Å²) in [7, 11) is 0. The molecule has 1 rings (SSSR count). The summed E-state index contributed by atoms with van der Waals surface area (Å²) in [6, 6.07) is 0.783. The summed E-state index contributed by atoms with van der Waals surface area (Å²) in [5, 5.41) is 3.64. The van der Waals surface area contributed by atoms with E-state index in [4.69, 9.17) is 0 Å². The molecule has 0 unspecified atom stereocenters. The Bertz CT molecular complexity index is 126. The molecule has 15 heavy (non-hydrogen) atoms. The first-order chi connectivity index (χ1) is 7.22. The lowest BCUT2D eigenvalue weighted by Crippen LogP contribution is -2.43. The van der Waals surface area contributed by atoms with Crippen LogP contribution >= 0.6 is 0 Å². The molecule has 0 aromatic carbocycles. The average Bonchev–Trinajstić information content (AvgIpc) is 2.30. The highest BCUT2D eigenvalue weighted by Crippen LogP contribution is 2.09. The zero-order valence-electron chi connectivity index (χ0n) is 11.3. The van der Waals surface area contributed by atoms with Crippen LogP contribution in [0.15, 0.2) is 0 Å². The summed E-state index contributed by atoms with van der Waals surface area (Å²) in [6.07, 6.45) is 2.67. The lowest BCUT2D eigenvalue weighted by Gasteiger charge is -2.31. The predicted octanol–water partition coefficient (Wildman–Crippen LogP) is 2.74. The highest BCUT2D eigenvalue weighted by molar-refractivity contribution is 4.76. The van der Waals surface area contributed by atoms with Crippen LogP contribution in [0.4, 0.5) is 0 Å². The molecule has 2 nitrogen and oxygen atoms in total. The fourth-order valence-corrected chi connectivity index (χ4v) is 1.86. The first-order valence-electron chi connectivity index (χ1n) is 6.68. The van der Waals surface area contributed by atoms with Crippen LogP contribution in [-0.2, 0) is 0 Å². The van der Waals surface area contributed by atoms with Crippen LogP contribution in [0.3, 0.4) is 0 Å². The van der Waals surface area contributed by atoms with Gasteiger partial charge in [0.2, 0.25) is 0 Å². The van der Waals surface area contributed by atoms with E-state index < -0.39 is 0 Å². The summed E-state index contributed by atoms with van der Waals surface area (Å²) >= 11 is 0. The Morgan fingerprint density at radius 1 is 1.20 bits per heavy atom. The normalized spacial score (nSPS) is 18.8. The van der Waals surface area contributed by atoms with Crippen molar-refractivity contribution in [1.29, 1.82) is 0 Å². The van der Waals surface area contributed by atoms with E-state index in [1.807, 2.05) is 13.8 Å². The van der Waals surface area contributed by atoms with Gasteiger partial charge in [-0.25, -0.2) is 0 Å². The molecule has 92 valence electrons. The monoisotopic (exact) mass is 214 g/mol. The van der Waals surface area contributed by atoms with Crippen molar-refractivity contribution in [2.24, 2.45) is 5.92 Å². The molecule has 0 atom stereocenters. The lowest BCUT2D eigenvalue weighted by atomic mass is 10.0. The van der Waals surface area contributed by atoms with E-state index in [9.17, 15) is 0 Å². The van der Waals surface area contributed by atoms with Gasteiger partial charge >= 0.3 is 0 Å². The van der Waals surface area contributed by atoms with Gasteiger partial charge in [0.1, 0.15) is 0 Å². The summed E-state index contributed by atoms with van der Waals surface area (Å²) in [5.74, 6) is 0.782. The molecule has 1 heterocycles. The van der Waals surface area contributed by atoms with Gasteiger partial charge in [-0.15, -0.1) is 0 Å². The molecule has 1 aliphatic rings. The van der Waals surface area contributed by atoms with Gasteiger partial charge in [-0.2, -0.15) is 0 Å². The third-order valence-corrected chi connectivity index (χ3v) is 2.85. The minimum Gasteiger partial charge on any atom is -0.314 e. The van der Waals surface area contributed by atoms with Crippen molar-refractivity contribution in [3.8, 4) is 0 Å². The van der Waals surface area contributed by atoms with E-state index in [0.717, 1.165) is 12.0 Å². The van der Waals surface area contributed by atoms with Crippen molar-refractivity contribution < 1.29 is 0 Å². The third kappa shape index (κ3) is 6.91. The first kappa shape index (κ1) is 14.9. The van der Waals surface area contributed by atoms with Gasteiger partial charge in [0.25, 0.3) is 0 Å². The SMILES string of the molecule is CC.CCN1CCC(NCC(C)C)CC1. The van der Waals surface area contributed by atoms with Gasteiger partial charge in [0.15, 0.2) is 0 Å². The Morgan fingerprint density at radius 3 is 2.13 bits per heavy atom. The molecule has 0 aromatic heterocycles. The van der Waals surface area contributed by atoms with Crippen molar-refractivity contribution in [2.45, 2.75) is 53.5 Å². The van der Waals surface area contributed by atoms with Gasteiger partial charge in [-0.3, -0.25) is 0 Å². The summed E-state index contributed by atoms with van der Waals surface area (Å²) in [4.78, 5) is 2.54. The topological polar surface area (TPSA) is 15.3 Å². The van der Waals surface area contributed by atoms with Crippen molar-refractivity contribution in [1.82, 2.24) is 10.2 Å². The Hall–Kier alpha value is -0.0800. The highest BCUT2D eigenvalue weighted by Gasteiger charge is 2.17. The van der Waals surface area contributed by atoms with E-state index in [0.29, 0.717) is 0 Å². The van der Waals surface area contributed by atoms with Gasteiger partial charge < -0.3 is 10.2 Å². The maximum Gasteiger partial charge on any atom is 0.00915 e. The number of nitrogens with one attached hydrogen (secondary N) is 1. The van der Waals surface area contributed by atoms with Crippen LogP contribution in [0.25, 0.3) is 0 Å². The zero-order chi connectivity index (χ0) is 11.7. The second kappa shape index (κ2) is 9.17. The van der Waals surface area contributed by atoms with Crippen molar-refractivity contribution in [3.05, 3.63) is 0 Å². The largest absolute Gasteiger partial charge is 0.314 e. The number of likely N-dealkylation sites (tertiary alicyclic amines) is 1. The van der Waals surface area contributed by atoms with E-state index in [1.165, 1.54) is 39.0 Å². The minimum absolute atomic E-state index is 0.782. The molecule has 0 aliphatic carbocycles. The second-order valence-electron chi connectivity index (χ2n) is 4.51. The number of nitrogens with zero attached hydrogens (tertiary/aromatic N) is 1. The lowest BCUT2D eigenvalue weighted by molar-refractivity contribution is 0.204. The summed E-state index contributed by atoms with van der Waals surface area (Å²) in [6.45, 7) is 15.8. The summed E-state index contributed by atoms with van der Waals surface area (Å²) < 4.78 is 0. The molecule has 1 fully saturated rings. The Balaban J connectivity index is 0.000000921. The highest BCUT2D eigenvalue weighted by atomic mass is 15.1. The molecule has 1 N–H and O–H groups in total. The van der Waals surface area contributed by atoms with Crippen LogP contribution in [0, 0.1) is 5.92 Å². The minimum atomic E-state index is 0.782. The smallest absolute Gasteiger partial charge is 0.00915 e. The molecule has 0 amide bonds. The van der Waals surface area contributed by atoms with Gasteiger partial charge in [-0.05, 0) is 44.9 Å². The van der Waals surface area contributed by atoms with Crippen LogP contribution in [-0.4, -0.2) is 37.1 Å². The number of hydrogen-bond acceptors (Lipinski definition) is 2. The molecule has 0 saturated carbocycles. The molecular formula is C13H30N2. The van der Waals surface area contributed by atoms with E-state index in [-0.39, 0.29) is 0 Å². The molecule has 0 aromatic rings. The van der Waals surface area contributed by atoms with E-state index in [2.05, 4.69) is 31.0 Å². The maximum absolute atomic E-state index is 3.64. The van der Waals surface area contributed by atoms with Crippen molar-refractivity contribution >= 4 is 0 Å². The fraction of sp³-hybridized carbons (Fsp3) is 1.00. The maximum atomic E-state index is 3.64. The first-order valence-corrected chi connectivity index (χ1v) is 6.68. The number of rotatable bonds is 4. The van der Waals surface area contributed by atoms with Crippen LogP contribution < -0.4 is 5.32 Å². The fourth-order valence-electron chi connectivity index (χ4n) is 1.86. The van der Waals surface area contributed by atoms with Crippen molar-refractivity contribution in [2.75, 3.05) is 26.2 Å². The number of piperidine rings is 1. The molecule has 0 spiro atoms. The van der Waals surface area contributed by atoms with Crippen LogP contribution in [0.1, 0.15) is 47.5 Å². The van der Waals surface area contributed by atoms with Gasteiger partial charge in [0, 0.05) is 6.04 Å². The number of hydrogen-bond donors (Lipinski definition) is 1. The standard InChI is InChI=1S/C11H24N2.C2H6/c1-4-13-7-5-11(6-8-13)12-9-10(2)3;1-2/h10-12H,4-9H2,1-3H3;1-2H3. The van der Waals surface area contributed by atoms with Crippen LogP contribution in [0.2, 0.25) is 0 Å². The third-order valence-electron chi connectivity index (χ3n) is 2.85. The Kier molecular flexibility index (Phi) is 9.12. The molecule has 1 aliphatic heterocycles. The quantitative estimate of drug-likeness (QED) is 0.774. The zero-order valence-corrected chi connectivity index (χ0v) is 11.3. The van der Waals surface area contributed by atoms with Gasteiger partial charge in [0.05, 0.1) is 0 Å². The molecule has 1 saturated heterocycles. The van der Waals surface area contributed by atoms with Crippen molar-refractivity contribution in [3.63, 3.8) is 0 Å². The molecule has 2 heteroatoms. The summed E-state index contributed by atoms with van der Waals surface area (Å²) in [5.41, 5.74) is 0. The van der Waals surface area contributed by atoms with E-state index >= 15 is 0 Å². The Morgan fingerprint density at radius 2 is 1.73 bits per heavy atom. The van der Waals surface area contributed by atoms with E-state index in [1.54, 1.807) is 0 Å². The second-order valence-corrected chi connectivity index (χ2v) is 4.51.